The van der Waals surface area contributed by atoms with E-state index in [2.05, 4.69) is 20.8 Å². The zero-order valence-corrected chi connectivity index (χ0v) is 16.1. The fourth-order valence-corrected chi connectivity index (χ4v) is 3.44. The van der Waals surface area contributed by atoms with Crippen LogP contribution < -0.4 is 5.73 Å². The maximum absolute atomic E-state index is 6.80. The molecular weight excluding hydrogens is 266 g/mol. The third kappa shape index (κ3) is 13.6. The van der Waals surface area contributed by atoms with Crippen molar-refractivity contribution in [2.75, 3.05) is 0 Å². The van der Waals surface area contributed by atoms with E-state index in [-0.39, 0.29) is 5.54 Å². The zero-order chi connectivity index (χ0) is 16.5. The Hall–Kier alpha value is -0.0400. The third-order valence-corrected chi connectivity index (χ3v) is 5.08. The standard InChI is InChI=1S/C21H45N/c1-4-7-10-13-14-17-20-21(22,18-15-11-8-5-2)19-16-12-9-6-3/h4-20,22H2,1-3H3. The molecule has 1 nitrogen and oxygen atoms in total. The molecule has 0 bridgehead atoms. The van der Waals surface area contributed by atoms with Crippen LogP contribution in [0.3, 0.4) is 0 Å². The van der Waals surface area contributed by atoms with Gasteiger partial charge in [0.05, 0.1) is 0 Å². The highest BCUT2D eigenvalue weighted by atomic mass is 14.7. The molecule has 0 unspecified atom stereocenters. The van der Waals surface area contributed by atoms with Crippen LogP contribution in [-0.4, -0.2) is 5.54 Å². The molecule has 1 heteroatoms. The van der Waals surface area contributed by atoms with E-state index in [1.165, 1.54) is 109 Å². The molecule has 0 aliphatic heterocycles. The Kier molecular flexibility index (Phi) is 15.8. The van der Waals surface area contributed by atoms with E-state index in [0.717, 1.165) is 0 Å². The molecule has 0 saturated heterocycles. The summed E-state index contributed by atoms with van der Waals surface area (Å²) in [6, 6.07) is 0. The van der Waals surface area contributed by atoms with Crippen LogP contribution in [0.15, 0.2) is 0 Å². The van der Waals surface area contributed by atoms with Gasteiger partial charge in [-0.05, 0) is 19.3 Å². The summed E-state index contributed by atoms with van der Waals surface area (Å²) in [5, 5.41) is 0. The summed E-state index contributed by atoms with van der Waals surface area (Å²) in [6.07, 6.45) is 22.9. The molecule has 0 amide bonds. The topological polar surface area (TPSA) is 26.0 Å². The quantitative estimate of drug-likeness (QED) is 0.279. The molecule has 0 saturated carbocycles. The smallest absolute Gasteiger partial charge is 0.0154 e. The van der Waals surface area contributed by atoms with E-state index in [4.69, 9.17) is 5.73 Å². The highest BCUT2D eigenvalue weighted by molar-refractivity contribution is 4.84. The van der Waals surface area contributed by atoms with Crippen molar-refractivity contribution in [1.82, 2.24) is 0 Å². The predicted octanol–water partition coefficient (Wildman–Crippen LogP) is 7.38. The maximum Gasteiger partial charge on any atom is 0.0154 e. The lowest BCUT2D eigenvalue weighted by Gasteiger charge is -2.30. The fourth-order valence-electron chi connectivity index (χ4n) is 3.44. The molecule has 0 spiro atoms. The third-order valence-electron chi connectivity index (χ3n) is 5.08. The highest BCUT2D eigenvalue weighted by Crippen LogP contribution is 2.26. The van der Waals surface area contributed by atoms with Gasteiger partial charge in [-0.2, -0.15) is 0 Å². The van der Waals surface area contributed by atoms with Gasteiger partial charge < -0.3 is 5.73 Å². The molecule has 134 valence electrons. The molecule has 0 atom stereocenters. The molecule has 0 aromatic carbocycles. The summed E-state index contributed by atoms with van der Waals surface area (Å²) in [5.74, 6) is 0. The van der Waals surface area contributed by atoms with Gasteiger partial charge in [-0.3, -0.25) is 0 Å². The van der Waals surface area contributed by atoms with Crippen molar-refractivity contribution >= 4 is 0 Å². The number of hydrogen-bond donors (Lipinski definition) is 1. The van der Waals surface area contributed by atoms with Crippen LogP contribution >= 0.6 is 0 Å². The van der Waals surface area contributed by atoms with Gasteiger partial charge in [0, 0.05) is 5.54 Å². The fraction of sp³-hybridized carbons (Fsp3) is 1.00. The second-order valence-corrected chi connectivity index (χ2v) is 7.50. The SMILES string of the molecule is CCCCCCCCC(N)(CCCCCC)CCCCCC. The van der Waals surface area contributed by atoms with Crippen LogP contribution in [-0.2, 0) is 0 Å². The Morgan fingerprint density at radius 3 is 1.09 bits per heavy atom. The summed E-state index contributed by atoms with van der Waals surface area (Å²) in [5.41, 5.74) is 6.95. The first-order chi connectivity index (χ1) is 10.7. The van der Waals surface area contributed by atoms with Crippen LogP contribution in [0.2, 0.25) is 0 Å². The normalized spacial score (nSPS) is 12.0. The Morgan fingerprint density at radius 1 is 0.455 bits per heavy atom. The van der Waals surface area contributed by atoms with E-state index < -0.39 is 0 Å². The molecule has 0 heterocycles. The summed E-state index contributed by atoms with van der Waals surface area (Å²) < 4.78 is 0. The molecule has 0 rings (SSSR count). The Labute approximate surface area is 141 Å². The molecular formula is C21H45N. The lowest BCUT2D eigenvalue weighted by molar-refractivity contribution is 0.303. The largest absolute Gasteiger partial charge is 0.325 e. The van der Waals surface area contributed by atoms with Crippen molar-refractivity contribution in [3.05, 3.63) is 0 Å². The molecule has 2 N–H and O–H groups in total. The van der Waals surface area contributed by atoms with Gasteiger partial charge >= 0.3 is 0 Å². The number of nitrogens with two attached hydrogens (primary N) is 1. The number of hydrogen-bond acceptors (Lipinski definition) is 1. The van der Waals surface area contributed by atoms with Gasteiger partial charge in [-0.1, -0.05) is 111 Å². The molecule has 0 fully saturated rings. The first-order valence-electron chi connectivity index (χ1n) is 10.5. The van der Waals surface area contributed by atoms with Crippen LogP contribution in [0.4, 0.5) is 0 Å². The maximum atomic E-state index is 6.80. The Balaban J connectivity index is 3.96. The highest BCUT2D eigenvalue weighted by Gasteiger charge is 2.23. The van der Waals surface area contributed by atoms with Gasteiger partial charge in [0.15, 0.2) is 0 Å². The van der Waals surface area contributed by atoms with Crippen molar-refractivity contribution < 1.29 is 0 Å². The van der Waals surface area contributed by atoms with Crippen molar-refractivity contribution in [2.24, 2.45) is 5.73 Å². The van der Waals surface area contributed by atoms with Crippen LogP contribution in [0.25, 0.3) is 0 Å². The van der Waals surface area contributed by atoms with Gasteiger partial charge in [0.25, 0.3) is 0 Å². The molecule has 0 radical (unpaired) electrons. The van der Waals surface area contributed by atoms with E-state index in [0.29, 0.717) is 0 Å². The zero-order valence-electron chi connectivity index (χ0n) is 16.1. The molecule has 0 aliphatic carbocycles. The number of rotatable bonds is 17. The van der Waals surface area contributed by atoms with E-state index in [1.807, 2.05) is 0 Å². The summed E-state index contributed by atoms with van der Waals surface area (Å²) in [4.78, 5) is 0. The van der Waals surface area contributed by atoms with Gasteiger partial charge in [0.1, 0.15) is 0 Å². The summed E-state index contributed by atoms with van der Waals surface area (Å²) in [6.45, 7) is 6.87. The molecule has 22 heavy (non-hydrogen) atoms. The van der Waals surface area contributed by atoms with Crippen molar-refractivity contribution in [3.8, 4) is 0 Å². The van der Waals surface area contributed by atoms with E-state index in [1.54, 1.807) is 0 Å². The molecule has 0 aromatic rings. The van der Waals surface area contributed by atoms with Crippen LogP contribution in [0, 0.1) is 0 Å². The van der Waals surface area contributed by atoms with Crippen LogP contribution in [0.5, 0.6) is 0 Å². The minimum Gasteiger partial charge on any atom is -0.325 e. The van der Waals surface area contributed by atoms with Crippen LogP contribution in [0.1, 0.15) is 130 Å². The first-order valence-corrected chi connectivity index (χ1v) is 10.5. The number of unbranched alkanes of at least 4 members (excludes halogenated alkanes) is 11. The van der Waals surface area contributed by atoms with Gasteiger partial charge in [0.2, 0.25) is 0 Å². The monoisotopic (exact) mass is 311 g/mol. The van der Waals surface area contributed by atoms with E-state index in [9.17, 15) is 0 Å². The van der Waals surface area contributed by atoms with E-state index >= 15 is 0 Å². The Morgan fingerprint density at radius 2 is 0.727 bits per heavy atom. The minimum atomic E-state index is 0.145. The Bertz CT molecular complexity index is 200. The average Bonchev–Trinajstić information content (AvgIpc) is 2.52. The van der Waals surface area contributed by atoms with Crippen molar-refractivity contribution in [2.45, 2.75) is 135 Å². The predicted molar refractivity (Wildman–Crippen MR) is 102 cm³/mol. The lowest BCUT2D eigenvalue weighted by Crippen LogP contribution is -2.39. The van der Waals surface area contributed by atoms with Crippen molar-refractivity contribution in [3.63, 3.8) is 0 Å². The lowest BCUT2D eigenvalue weighted by atomic mass is 9.83. The second kappa shape index (κ2) is 15.8. The van der Waals surface area contributed by atoms with Gasteiger partial charge in [-0.15, -0.1) is 0 Å². The molecule has 0 aliphatic rings. The summed E-state index contributed by atoms with van der Waals surface area (Å²) >= 11 is 0. The summed E-state index contributed by atoms with van der Waals surface area (Å²) in [7, 11) is 0. The first kappa shape index (κ1) is 22.0. The minimum absolute atomic E-state index is 0.145. The second-order valence-electron chi connectivity index (χ2n) is 7.50. The van der Waals surface area contributed by atoms with Crippen molar-refractivity contribution in [1.29, 1.82) is 0 Å². The molecule has 0 aromatic heterocycles. The average molecular weight is 312 g/mol. The van der Waals surface area contributed by atoms with Gasteiger partial charge in [-0.25, -0.2) is 0 Å².